The summed E-state index contributed by atoms with van der Waals surface area (Å²) in [6, 6.07) is 1.29. The van der Waals surface area contributed by atoms with Gasteiger partial charge in [0.1, 0.15) is 128 Å². The number of halogens is 4. The number of aliphatic hydroxyl groups is 35. The summed E-state index contributed by atoms with van der Waals surface area (Å²) in [5.41, 5.74) is -0.277. The standard InChI is InChI=1S/C26H52O2.C7H2Cl4O2.7C6H12O7/c1-2-3-4-5-6-7-8-9-10-11-12-13-14-15-16-17-18-19-20-21-22-23-24-25-26(27)28;8-2-1-3(9)6(11)4(5(2)10)7(12)13;7*7-1-2(8)3(9)4(10)5(11)6(12)13/h2-25H2,1H3,(H,27,28);1H,(H,12,13);7*2-5,7-11H,1H2,(H,12,13)/t;;7*2-,3-,4+,5-/m..1111111/s1. The monoisotopic (exact) mass is 2030 g/mol. The Morgan fingerprint density at radius 3 is 0.455 bits per heavy atom. The topological polar surface area (TPSA) is 1040 Å². The van der Waals surface area contributed by atoms with Crippen LogP contribution in [0, 0.1) is 0 Å². The lowest BCUT2D eigenvalue weighted by Crippen LogP contribution is -2.48. The van der Waals surface area contributed by atoms with Gasteiger partial charge in [0.2, 0.25) is 0 Å². The second-order valence-electron chi connectivity index (χ2n) is 28.7. The van der Waals surface area contributed by atoms with E-state index in [1.807, 2.05) is 0 Å². The van der Waals surface area contributed by atoms with E-state index in [9.17, 15) is 43.2 Å². The van der Waals surface area contributed by atoms with Crippen molar-refractivity contribution < 1.29 is 268 Å². The van der Waals surface area contributed by atoms with Crippen LogP contribution >= 0.6 is 46.4 Å². The van der Waals surface area contributed by atoms with Crippen LogP contribution in [0.25, 0.3) is 0 Å². The van der Waals surface area contributed by atoms with Gasteiger partial charge in [0, 0.05) is 6.42 Å². The third kappa shape index (κ3) is 65.9. The number of aliphatic carboxylic acids is 8. The van der Waals surface area contributed by atoms with Gasteiger partial charge in [-0.15, -0.1) is 0 Å². The predicted molar refractivity (Wildman–Crippen MR) is 449 cm³/mol. The molecule has 0 unspecified atom stereocenters. The molecule has 0 bridgehead atoms. The van der Waals surface area contributed by atoms with Gasteiger partial charge in [0.05, 0.1) is 71.9 Å². The van der Waals surface area contributed by atoms with Crippen molar-refractivity contribution in [1.29, 1.82) is 0 Å². The highest BCUT2D eigenvalue weighted by Gasteiger charge is 2.40. The summed E-state index contributed by atoms with van der Waals surface area (Å²) >= 11 is 22.4. The van der Waals surface area contributed by atoms with Crippen LogP contribution in [0.15, 0.2) is 6.07 Å². The molecule has 784 valence electrons. The van der Waals surface area contributed by atoms with Crippen LogP contribution in [0.5, 0.6) is 0 Å². The number of carbonyl (C=O) groups is 9. The zero-order valence-electron chi connectivity index (χ0n) is 71.5. The van der Waals surface area contributed by atoms with Gasteiger partial charge in [-0.1, -0.05) is 195 Å². The second kappa shape index (κ2) is 83.4. The van der Waals surface area contributed by atoms with Gasteiger partial charge in [0.25, 0.3) is 0 Å². The molecular formula is C75H138Cl4O53. The van der Waals surface area contributed by atoms with Gasteiger partial charge in [-0.2, -0.15) is 0 Å². The molecule has 0 amide bonds. The van der Waals surface area contributed by atoms with Crippen molar-refractivity contribution in [1.82, 2.24) is 0 Å². The van der Waals surface area contributed by atoms with Crippen molar-refractivity contribution in [3.8, 4) is 0 Å². The smallest absolute Gasteiger partial charge is 0.338 e. The minimum absolute atomic E-state index is 0.0634. The number of hydrogen-bond donors (Lipinski definition) is 44. The maximum atomic E-state index is 10.7. The summed E-state index contributed by atoms with van der Waals surface area (Å²) < 4.78 is 0. The Balaban J connectivity index is -0.000000222. The Hall–Kier alpha value is -5.79. The van der Waals surface area contributed by atoms with Gasteiger partial charge in [-0.3, -0.25) is 4.79 Å². The third-order valence-electron chi connectivity index (χ3n) is 17.9. The average Bonchev–Trinajstić information content (AvgIpc) is 0.810. The first kappa shape index (κ1) is 142. The molecule has 53 nitrogen and oxygen atoms in total. The highest BCUT2D eigenvalue weighted by atomic mass is 35.5. The number of benzene rings is 1. The van der Waals surface area contributed by atoms with Crippen LogP contribution < -0.4 is 0 Å². The lowest BCUT2D eigenvalue weighted by Gasteiger charge is -2.23. The SMILES string of the molecule is CCCCCCCCCCCCCCCCCCCCCCCCCC(=O)O.O=C(O)[C@H](O)[C@@H](O)[C@H](O)[C@H](O)CO.O=C(O)[C@H](O)[C@@H](O)[C@H](O)[C@H](O)CO.O=C(O)[C@H](O)[C@@H](O)[C@H](O)[C@H](O)CO.O=C(O)[C@H](O)[C@@H](O)[C@H](O)[C@H](O)CO.O=C(O)[C@H](O)[C@@H](O)[C@H](O)[C@H](O)CO.O=C(O)[C@H](O)[C@@H](O)[C@H](O)[C@H](O)CO.O=C(O)[C@H](O)[C@@H](O)[C@H](O)[C@H](O)CO.O=C(O)c1c(Cl)c(Cl)cc(Cl)c1Cl. The lowest BCUT2D eigenvalue weighted by atomic mass is 10.0. The Morgan fingerprint density at radius 2 is 0.348 bits per heavy atom. The van der Waals surface area contributed by atoms with Crippen LogP contribution in [-0.2, 0) is 38.4 Å². The molecule has 0 aliphatic heterocycles. The number of aliphatic hydroxyl groups excluding tert-OH is 35. The molecular weight excluding hydrogens is 1890 g/mol. The molecule has 1 aromatic carbocycles. The molecule has 57 heteroatoms. The Morgan fingerprint density at radius 1 is 0.220 bits per heavy atom. The van der Waals surface area contributed by atoms with Crippen LogP contribution in [0.1, 0.15) is 171 Å². The number of carboxylic acids is 9. The zero-order chi connectivity index (χ0) is 105. The van der Waals surface area contributed by atoms with Crippen molar-refractivity contribution in [3.63, 3.8) is 0 Å². The molecule has 0 radical (unpaired) electrons. The number of aromatic carboxylic acids is 1. The number of unbranched alkanes of at least 4 members (excludes halogenated alkanes) is 22. The largest absolute Gasteiger partial charge is 0.481 e. The minimum Gasteiger partial charge on any atom is -0.481 e. The fourth-order valence-electron chi connectivity index (χ4n) is 9.50. The summed E-state index contributed by atoms with van der Waals surface area (Å²) in [5.74, 6) is -14.0. The highest BCUT2D eigenvalue weighted by molar-refractivity contribution is 6.49. The van der Waals surface area contributed by atoms with Crippen molar-refractivity contribution in [3.05, 3.63) is 31.7 Å². The third-order valence-corrected chi connectivity index (χ3v) is 19.4. The summed E-state index contributed by atoms with van der Waals surface area (Å²) in [6.07, 6.45) is -22.8. The molecule has 0 spiro atoms. The maximum Gasteiger partial charge on any atom is 0.338 e. The summed E-state index contributed by atoms with van der Waals surface area (Å²) in [7, 11) is 0. The van der Waals surface area contributed by atoms with Crippen LogP contribution in [0.3, 0.4) is 0 Å². The van der Waals surface area contributed by atoms with E-state index in [0.29, 0.717) is 6.42 Å². The molecule has 44 N–H and O–H groups in total. The van der Waals surface area contributed by atoms with Gasteiger partial charge in [-0.25, -0.2) is 38.4 Å². The van der Waals surface area contributed by atoms with E-state index in [-0.39, 0.29) is 25.7 Å². The fraction of sp³-hybridized carbons (Fsp3) is 0.800. The Kier molecular flexibility index (Phi) is 89.4. The van der Waals surface area contributed by atoms with E-state index in [2.05, 4.69) is 6.92 Å². The normalized spacial score (nSPS) is 17.4. The Labute approximate surface area is 774 Å². The molecule has 0 saturated carbocycles. The number of carboxylic acid groups (broad SMARTS) is 9. The van der Waals surface area contributed by atoms with E-state index in [0.717, 1.165) is 12.8 Å². The second-order valence-corrected chi connectivity index (χ2v) is 30.2. The molecule has 0 saturated heterocycles. The molecule has 132 heavy (non-hydrogen) atoms. The molecule has 0 aliphatic rings. The van der Waals surface area contributed by atoms with Crippen LogP contribution in [0.2, 0.25) is 20.1 Å². The molecule has 28 atom stereocenters. The van der Waals surface area contributed by atoms with Crippen LogP contribution in [-0.4, -0.2) is 496 Å². The van der Waals surface area contributed by atoms with E-state index in [1.165, 1.54) is 141 Å². The Bertz CT molecular complexity index is 2750. The van der Waals surface area contributed by atoms with Gasteiger partial charge < -0.3 is 225 Å². The highest BCUT2D eigenvalue weighted by Crippen LogP contribution is 2.37. The molecule has 1 rings (SSSR count). The maximum absolute atomic E-state index is 10.7. The van der Waals surface area contributed by atoms with Crippen molar-refractivity contribution in [2.45, 2.75) is 332 Å². The van der Waals surface area contributed by atoms with Gasteiger partial charge in [0.15, 0.2) is 42.7 Å². The summed E-state index contributed by atoms with van der Waals surface area (Å²) in [4.78, 5) is 91.7. The van der Waals surface area contributed by atoms with Gasteiger partial charge in [-0.05, 0) is 12.5 Å². The van der Waals surface area contributed by atoms with Gasteiger partial charge >= 0.3 is 53.7 Å². The first-order valence-corrected chi connectivity index (χ1v) is 41.8. The average molecular weight is 2030 g/mol. The zero-order valence-corrected chi connectivity index (χ0v) is 74.6. The molecule has 0 aliphatic carbocycles. The number of hydrogen-bond acceptors (Lipinski definition) is 44. The van der Waals surface area contributed by atoms with Crippen molar-refractivity contribution in [2.75, 3.05) is 46.2 Å². The first-order valence-electron chi connectivity index (χ1n) is 40.3. The molecule has 0 heterocycles. The fourth-order valence-corrected chi connectivity index (χ4v) is 10.5. The first-order chi connectivity index (χ1) is 61.1. The van der Waals surface area contributed by atoms with E-state index < -0.39 is 271 Å². The van der Waals surface area contributed by atoms with E-state index >= 15 is 0 Å². The molecule has 1 aromatic rings. The predicted octanol–water partition coefficient (Wildman–Crippen LogP) is -11.0. The van der Waals surface area contributed by atoms with Crippen molar-refractivity contribution in [2.24, 2.45) is 0 Å². The lowest BCUT2D eigenvalue weighted by molar-refractivity contribution is -0.164. The summed E-state index contributed by atoms with van der Waals surface area (Å²) in [6.45, 7) is -3.61. The van der Waals surface area contributed by atoms with Crippen LogP contribution in [0.4, 0.5) is 0 Å². The van der Waals surface area contributed by atoms with E-state index in [1.54, 1.807) is 0 Å². The number of rotatable bonds is 60. The quantitative estimate of drug-likeness (QED) is 0.0213. The molecule has 0 aromatic heterocycles. The van der Waals surface area contributed by atoms with E-state index in [4.69, 9.17) is 271 Å². The summed E-state index contributed by atoms with van der Waals surface area (Å²) in [5, 5.41) is 380. The minimum atomic E-state index is -2.20. The molecule has 0 fully saturated rings. The van der Waals surface area contributed by atoms with Crippen molar-refractivity contribution >= 4 is 100 Å².